The second kappa shape index (κ2) is 3.91. The molecule has 0 radical (unpaired) electrons. The lowest BCUT2D eigenvalue weighted by atomic mass is 10.0. The molecule has 0 amide bonds. The lowest BCUT2D eigenvalue weighted by Gasteiger charge is -2.14. The van der Waals surface area contributed by atoms with Crippen molar-refractivity contribution in [3.63, 3.8) is 0 Å². The molecule has 78 valence electrons. The summed E-state index contributed by atoms with van der Waals surface area (Å²) in [5.74, 6) is 0.384. The molecular weight excluding hydrogens is 186 g/mol. The van der Waals surface area contributed by atoms with Crippen LogP contribution in [0.4, 0.5) is 0 Å². The van der Waals surface area contributed by atoms with Crippen LogP contribution < -0.4 is 5.32 Å². The van der Waals surface area contributed by atoms with Gasteiger partial charge in [-0.25, -0.2) is 0 Å². The third-order valence-electron chi connectivity index (χ3n) is 2.83. The molecule has 2 aromatic rings. The second-order valence-electron chi connectivity index (χ2n) is 3.73. The van der Waals surface area contributed by atoms with E-state index in [1.165, 1.54) is 0 Å². The lowest BCUT2D eigenvalue weighted by Crippen LogP contribution is -2.12. The summed E-state index contributed by atoms with van der Waals surface area (Å²) in [5.41, 5.74) is 0.941. The van der Waals surface area contributed by atoms with Crippen LogP contribution >= 0.6 is 0 Å². The highest BCUT2D eigenvalue weighted by Crippen LogP contribution is 2.31. The van der Waals surface area contributed by atoms with Gasteiger partial charge >= 0.3 is 0 Å². The maximum Gasteiger partial charge on any atom is 0.128 e. The second-order valence-corrected chi connectivity index (χ2v) is 3.73. The molecule has 2 rings (SSSR count). The predicted molar refractivity (Wildman–Crippen MR) is 63.1 cm³/mol. The van der Waals surface area contributed by atoms with Gasteiger partial charge in [-0.15, -0.1) is 0 Å². The van der Waals surface area contributed by atoms with Crippen molar-refractivity contribution in [3.05, 3.63) is 42.0 Å². The number of aromatic hydroxyl groups is 1. The molecule has 15 heavy (non-hydrogen) atoms. The van der Waals surface area contributed by atoms with Gasteiger partial charge in [0, 0.05) is 17.0 Å². The SMILES string of the molecule is CNC(C)c1ccc2ccccc2c1O. The zero-order valence-corrected chi connectivity index (χ0v) is 8.99. The number of nitrogens with one attached hydrogen (secondary N) is 1. The van der Waals surface area contributed by atoms with Gasteiger partial charge in [0.1, 0.15) is 5.75 Å². The van der Waals surface area contributed by atoms with Crippen molar-refractivity contribution in [1.82, 2.24) is 5.32 Å². The van der Waals surface area contributed by atoms with E-state index >= 15 is 0 Å². The van der Waals surface area contributed by atoms with E-state index in [0.717, 1.165) is 16.3 Å². The molecule has 2 nitrogen and oxygen atoms in total. The van der Waals surface area contributed by atoms with Gasteiger partial charge in [0.15, 0.2) is 0 Å². The maximum atomic E-state index is 10.1. The zero-order chi connectivity index (χ0) is 10.8. The number of hydrogen-bond donors (Lipinski definition) is 2. The van der Waals surface area contributed by atoms with Gasteiger partial charge in [-0.3, -0.25) is 0 Å². The van der Waals surface area contributed by atoms with E-state index in [4.69, 9.17) is 0 Å². The van der Waals surface area contributed by atoms with Crippen LogP contribution in [0.15, 0.2) is 36.4 Å². The molecule has 2 N–H and O–H groups in total. The summed E-state index contributed by atoms with van der Waals surface area (Å²) in [6.07, 6.45) is 0. The minimum absolute atomic E-state index is 0.162. The molecule has 0 saturated carbocycles. The van der Waals surface area contributed by atoms with Crippen LogP contribution in [-0.4, -0.2) is 12.2 Å². The summed E-state index contributed by atoms with van der Waals surface area (Å²) in [6.45, 7) is 2.03. The molecule has 0 saturated heterocycles. The summed E-state index contributed by atoms with van der Waals surface area (Å²) in [5, 5.41) is 15.2. The number of phenols is 1. The molecule has 0 aromatic heterocycles. The topological polar surface area (TPSA) is 32.3 Å². The van der Waals surface area contributed by atoms with Crippen molar-refractivity contribution < 1.29 is 5.11 Å². The number of phenolic OH excluding ortho intramolecular Hbond substituents is 1. The summed E-state index contributed by atoms with van der Waals surface area (Å²) in [4.78, 5) is 0. The maximum absolute atomic E-state index is 10.1. The summed E-state index contributed by atoms with van der Waals surface area (Å²) < 4.78 is 0. The molecule has 0 heterocycles. The molecule has 0 aliphatic rings. The van der Waals surface area contributed by atoms with Crippen LogP contribution in [0.25, 0.3) is 10.8 Å². The van der Waals surface area contributed by atoms with E-state index in [1.807, 2.05) is 50.4 Å². The van der Waals surface area contributed by atoms with Crippen molar-refractivity contribution in [2.75, 3.05) is 7.05 Å². The Bertz CT molecular complexity index is 479. The van der Waals surface area contributed by atoms with Gasteiger partial charge in [0.05, 0.1) is 0 Å². The minimum Gasteiger partial charge on any atom is -0.507 e. The van der Waals surface area contributed by atoms with Crippen LogP contribution in [0.1, 0.15) is 18.5 Å². The molecule has 1 unspecified atom stereocenters. The van der Waals surface area contributed by atoms with Gasteiger partial charge in [-0.1, -0.05) is 36.4 Å². The Morgan fingerprint density at radius 3 is 2.60 bits per heavy atom. The quantitative estimate of drug-likeness (QED) is 0.783. The first-order valence-electron chi connectivity index (χ1n) is 5.12. The number of rotatable bonds is 2. The fraction of sp³-hybridized carbons (Fsp3) is 0.231. The Hall–Kier alpha value is -1.54. The molecule has 0 bridgehead atoms. The summed E-state index contributed by atoms with van der Waals surface area (Å²) in [6, 6.07) is 12.0. The van der Waals surface area contributed by atoms with Gasteiger partial charge < -0.3 is 10.4 Å². The average molecular weight is 201 g/mol. The van der Waals surface area contributed by atoms with Crippen molar-refractivity contribution in [3.8, 4) is 5.75 Å². The fourth-order valence-corrected chi connectivity index (χ4v) is 1.78. The van der Waals surface area contributed by atoms with Crippen LogP contribution in [0.2, 0.25) is 0 Å². The van der Waals surface area contributed by atoms with Gasteiger partial charge in [-0.05, 0) is 19.4 Å². The Morgan fingerprint density at radius 1 is 1.13 bits per heavy atom. The van der Waals surface area contributed by atoms with Crippen molar-refractivity contribution in [1.29, 1.82) is 0 Å². The van der Waals surface area contributed by atoms with E-state index in [1.54, 1.807) is 0 Å². The third kappa shape index (κ3) is 1.68. The molecule has 0 aliphatic heterocycles. The Labute approximate surface area is 89.6 Å². The molecular formula is C13H15NO. The molecule has 2 aromatic carbocycles. The van der Waals surface area contributed by atoms with Gasteiger partial charge in [-0.2, -0.15) is 0 Å². The zero-order valence-electron chi connectivity index (χ0n) is 8.99. The van der Waals surface area contributed by atoms with E-state index in [9.17, 15) is 5.11 Å². The Balaban J connectivity index is 2.65. The normalized spacial score (nSPS) is 12.9. The van der Waals surface area contributed by atoms with E-state index in [-0.39, 0.29) is 6.04 Å². The van der Waals surface area contributed by atoms with Gasteiger partial charge in [0.2, 0.25) is 0 Å². The lowest BCUT2D eigenvalue weighted by molar-refractivity contribution is 0.464. The van der Waals surface area contributed by atoms with Crippen LogP contribution in [0.3, 0.4) is 0 Å². The number of benzene rings is 2. The first-order valence-corrected chi connectivity index (χ1v) is 5.12. The predicted octanol–water partition coefficient (Wildman–Crippen LogP) is 2.83. The van der Waals surface area contributed by atoms with E-state index < -0.39 is 0 Å². The van der Waals surface area contributed by atoms with Crippen LogP contribution in [0.5, 0.6) is 5.75 Å². The van der Waals surface area contributed by atoms with Crippen molar-refractivity contribution >= 4 is 10.8 Å². The molecule has 0 aliphatic carbocycles. The molecule has 0 spiro atoms. The smallest absolute Gasteiger partial charge is 0.128 e. The first kappa shape index (κ1) is 9.99. The highest BCUT2D eigenvalue weighted by molar-refractivity contribution is 5.89. The molecule has 1 atom stereocenters. The third-order valence-corrected chi connectivity index (χ3v) is 2.83. The number of hydrogen-bond acceptors (Lipinski definition) is 2. The largest absolute Gasteiger partial charge is 0.507 e. The highest BCUT2D eigenvalue weighted by Gasteiger charge is 2.10. The summed E-state index contributed by atoms with van der Waals surface area (Å²) in [7, 11) is 1.89. The van der Waals surface area contributed by atoms with Gasteiger partial charge in [0.25, 0.3) is 0 Å². The number of fused-ring (bicyclic) bond motifs is 1. The fourth-order valence-electron chi connectivity index (χ4n) is 1.78. The highest BCUT2D eigenvalue weighted by atomic mass is 16.3. The van der Waals surface area contributed by atoms with E-state index in [2.05, 4.69) is 5.32 Å². The van der Waals surface area contributed by atoms with Crippen LogP contribution in [0, 0.1) is 0 Å². The monoisotopic (exact) mass is 201 g/mol. The first-order chi connectivity index (χ1) is 7.24. The Morgan fingerprint density at radius 2 is 1.87 bits per heavy atom. The van der Waals surface area contributed by atoms with Crippen molar-refractivity contribution in [2.45, 2.75) is 13.0 Å². The molecule has 0 fully saturated rings. The van der Waals surface area contributed by atoms with Crippen molar-refractivity contribution in [2.24, 2.45) is 0 Å². The molecule has 2 heteroatoms. The van der Waals surface area contributed by atoms with E-state index in [0.29, 0.717) is 5.75 Å². The average Bonchev–Trinajstić information content (AvgIpc) is 2.29. The van der Waals surface area contributed by atoms with Crippen LogP contribution in [-0.2, 0) is 0 Å². The standard InChI is InChI=1S/C13H15NO/c1-9(14-2)11-8-7-10-5-3-4-6-12(10)13(11)15/h3-9,14-15H,1-2H3. The summed E-state index contributed by atoms with van der Waals surface area (Å²) >= 11 is 0. The Kier molecular flexibility index (Phi) is 2.60. The minimum atomic E-state index is 0.162.